The number of rotatable bonds is 3. The highest BCUT2D eigenvalue weighted by molar-refractivity contribution is 6.30. The highest BCUT2D eigenvalue weighted by Crippen LogP contribution is 2.15. The van der Waals surface area contributed by atoms with Crippen LogP contribution < -0.4 is 11.2 Å². The molecule has 7 heteroatoms. The molecule has 0 fully saturated rings. The number of nitrogens with zero attached hydrogens (tertiary/aromatic N) is 3. The van der Waals surface area contributed by atoms with Crippen LogP contribution in [0.2, 0.25) is 5.02 Å². The smallest absolute Gasteiger partial charge is 0.337 e. The van der Waals surface area contributed by atoms with Gasteiger partial charge in [-0.3, -0.25) is 9.36 Å². The fourth-order valence-electron chi connectivity index (χ4n) is 2.78. The van der Waals surface area contributed by atoms with Gasteiger partial charge in [0, 0.05) is 5.02 Å². The number of halogens is 1. The summed E-state index contributed by atoms with van der Waals surface area (Å²) in [5, 5.41) is 0.563. The first kappa shape index (κ1) is 15.4. The lowest BCUT2D eigenvalue weighted by atomic mass is 10.2. The Morgan fingerprint density at radius 1 is 1.00 bits per heavy atom. The van der Waals surface area contributed by atoms with E-state index in [2.05, 4.69) is 9.97 Å². The third kappa shape index (κ3) is 2.66. The van der Waals surface area contributed by atoms with Crippen LogP contribution in [0.1, 0.15) is 5.56 Å². The number of H-pyrrole nitrogens is 1. The number of aromatic amines is 1. The number of imidazole rings is 1. The Morgan fingerprint density at radius 2 is 1.72 bits per heavy atom. The minimum absolute atomic E-state index is 0.182. The van der Waals surface area contributed by atoms with E-state index in [-0.39, 0.29) is 12.1 Å². The van der Waals surface area contributed by atoms with Crippen LogP contribution in [0.25, 0.3) is 16.9 Å². The van der Waals surface area contributed by atoms with E-state index in [1.54, 1.807) is 24.3 Å². The van der Waals surface area contributed by atoms with Crippen LogP contribution >= 0.6 is 11.6 Å². The summed E-state index contributed by atoms with van der Waals surface area (Å²) in [6.07, 6.45) is 1.41. The molecule has 0 saturated carbocycles. The molecule has 6 nitrogen and oxygen atoms in total. The summed E-state index contributed by atoms with van der Waals surface area (Å²) in [4.78, 5) is 32.7. The Kier molecular flexibility index (Phi) is 3.74. The van der Waals surface area contributed by atoms with Crippen LogP contribution in [0.5, 0.6) is 0 Å². The minimum Gasteiger partial charge on any atom is -0.339 e. The van der Waals surface area contributed by atoms with Crippen LogP contribution in [0.4, 0.5) is 0 Å². The van der Waals surface area contributed by atoms with Crippen molar-refractivity contribution in [1.82, 2.24) is 19.1 Å². The molecule has 0 aliphatic heterocycles. The zero-order valence-corrected chi connectivity index (χ0v) is 13.8. The Morgan fingerprint density at radius 3 is 2.44 bits per heavy atom. The number of hydrogen-bond acceptors (Lipinski definition) is 3. The summed E-state index contributed by atoms with van der Waals surface area (Å²) in [6.45, 7) is 0.182. The van der Waals surface area contributed by atoms with Crippen molar-refractivity contribution >= 4 is 22.8 Å². The van der Waals surface area contributed by atoms with Crippen LogP contribution in [0.15, 0.2) is 70.5 Å². The van der Waals surface area contributed by atoms with Crippen molar-refractivity contribution in [3.63, 3.8) is 0 Å². The average Bonchev–Trinajstić information content (AvgIpc) is 3.11. The Hall–Kier alpha value is -3.12. The lowest BCUT2D eigenvalue weighted by Crippen LogP contribution is -2.39. The highest BCUT2D eigenvalue weighted by Gasteiger charge is 2.16. The second kappa shape index (κ2) is 6.07. The zero-order chi connectivity index (χ0) is 17.4. The molecule has 2 aromatic heterocycles. The molecular formula is C18H13ClN4O2. The third-order valence-electron chi connectivity index (χ3n) is 3.98. The van der Waals surface area contributed by atoms with Crippen LogP contribution in [0, 0.1) is 0 Å². The highest BCUT2D eigenvalue weighted by atomic mass is 35.5. The normalized spacial score (nSPS) is 11.1. The van der Waals surface area contributed by atoms with E-state index in [4.69, 9.17) is 11.6 Å². The summed E-state index contributed by atoms with van der Waals surface area (Å²) in [6, 6.07) is 16.2. The van der Waals surface area contributed by atoms with Gasteiger partial charge in [-0.2, -0.15) is 0 Å². The zero-order valence-electron chi connectivity index (χ0n) is 13.0. The predicted octanol–water partition coefficient (Wildman–Crippen LogP) is 2.58. The lowest BCUT2D eigenvalue weighted by Gasteiger charge is -2.11. The first-order valence-electron chi connectivity index (χ1n) is 7.64. The van der Waals surface area contributed by atoms with E-state index in [1.807, 2.05) is 30.3 Å². The van der Waals surface area contributed by atoms with Gasteiger partial charge in [0.15, 0.2) is 5.65 Å². The summed E-state index contributed by atoms with van der Waals surface area (Å²) in [5.41, 5.74) is 1.19. The van der Waals surface area contributed by atoms with Gasteiger partial charge in [0.05, 0.1) is 18.6 Å². The monoisotopic (exact) mass is 352 g/mol. The van der Waals surface area contributed by atoms with E-state index < -0.39 is 11.2 Å². The molecule has 25 heavy (non-hydrogen) atoms. The molecule has 0 unspecified atom stereocenters. The Balaban J connectivity index is 2.00. The van der Waals surface area contributed by atoms with Crippen molar-refractivity contribution in [2.75, 3.05) is 0 Å². The van der Waals surface area contributed by atoms with Crippen molar-refractivity contribution in [1.29, 1.82) is 0 Å². The fraction of sp³-hybridized carbons (Fsp3) is 0.0556. The quantitative estimate of drug-likeness (QED) is 0.616. The molecule has 1 N–H and O–H groups in total. The van der Waals surface area contributed by atoms with Crippen molar-refractivity contribution < 1.29 is 0 Å². The van der Waals surface area contributed by atoms with Gasteiger partial charge in [-0.15, -0.1) is 0 Å². The van der Waals surface area contributed by atoms with Gasteiger partial charge in [0.2, 0.25) is 0 Å². The van der Waals surface area contributed by atoms with E-state index in [1.165, 1.54) is 15.5 Å². The molecule has 4 rings (SSSR count). The molecule has 0 spiro atoms. The number of benzene rings is 2. The summed E-state index contributed by atoms with van der Waals surface area (Å²) in [5.74, 6) is 0. The Labute approximate surface area is 147 Å². The number of fused-ring (bicyclic) bond motifs is 1. The molecular weight excluding hydrogens is 340 g/mol. The van der Waals surface area contributed by atoms with Crippen molar-refractivity contribution in [2.45, 2.75) is 6.54 Å². The first-order chi connectivity index (χ1) is 12.1. The van der Waals surface area contributed by atoms with Gasteiger partial charge in [0.1, 0.15) is 5.52 Å². The number of hydrogen-bond donors (Lipinski definition) is 1. The number of nitrogens with one attached hydrogen (secondary N) is 1. The van der Waals surface area contributed by atoms with Crippen LogP contribution in [-0.2, 0) is 6.54 Å². The van der Waals surface area contributed by atoms with E-state index in [9.17, 15) is 9.59 Å². The predicted molar refractivity (Wildman–Crippen MR) is 96.5 cm³/mol. The molecule has 0 aliphatic rings. The molecule has 0 radical (unpaired) electrons. The van der Waals surface area contributed by atoms with Gasteiger partial charge >= 0.3 is 5.69 Å². The van der Waals surface area contributed by atoms with Crippen LogP contribution in [-0.4, -0.2) is 19.1 Å². The van der Waals surface area contributed by atoms with Crippen LogP contribution in [0.3, 0.4) is 0 Å². The van der Waals surface area contributed by atoms with Gasteiger partial charge in [-0.25, -0.2) is 14.3 Å². The van der Waals surface area contributed by atoms with Crippen molar-refractivity contribution in [2.24, 2.45) is 0 Å². The fourth-order valence-corrected chi connectivity index (χ4v) is 2.90. The summed E-state index contributed by atoms with van der Waals surface area (Å²) >= 11 is 5.94. The maximum atomic E-state index is 13.0. The molecule has 0 atom stereocenters. The maximum Gasteiger partial charge on any atom is 0.337 e. The van der Waals surface area contributed by atoms with E-state index in [0.29, 0.717) is 16.4 Å². The van der Waals surface area contributed by atoms with Crippen molar-refractivity contribution in [3.05, 3.63) is 92.3 Å². The largest absolute Gasteiger partial charge is 0.339 e. The number of aromatic nitrogens is 4. The van der Waals surface area contributed by atoms with E-state index in [0.717, 1.165) is 5.56 Å². The first-order valence-corrected chi connectivity index (χ1v) is 8.02. The minimum atomic E-state index is -0.448. The van der Waals surface area contributed by atoms with Gasteiger partial charge in [-0.05, 0) is 29.8 Å². The van der Waals surface area contributed by atoms with Gasteiger partial charge in [0.25, 0.3) is 5.56 Å². The molecule has 124 valence electrons. The molecule has 0 aliphatic carbocycles. The molecule has 0 bridgehead atoms. The van der Waals surface area contributed by atoms with Gasteiger partial charge < -0.3 is 4.98 Å². The topological polar surface area (TPSA) is 72.7 Å². The molecule has 4 aromatic rings. The molecule has 2 aromatic carbocycles. The second-order valence-electron chi connectivity index (χ2n) is 5.57. The molecule has 0 amide bonds. The average molecular weight is 353 g/mol. The third-order valence-corrected chi connectivity index (χ3v) is 4.23. The summed E-state index contributed by atoms with van der Waals surface area (Å²) < 4.78 is 2.61. The van der Waals surface area contributed by atoms with E-state index >= 15 is 0 Å². The second-order valence-corrected chi connectivity index (χ2v) is 6.01. The summed E-state index contributed by atoms with van der Waals surface area (Å²) in [7, 11) is 0. The van der Waals surface area contributed by atoms with Crippen molar-refractivity contribution in [3.8, 4) is 5.69 Å². The molecule has 0 saturated heterocycles. The standard InChI is InChI=1S/C18H13ClN4O2/c19-13-6-8-14(9-7-13)23-16-15(20-11-21-16)17(24)22(18(23)25)10-12-4-2-1-3-5-12/h1-9,11H,10H2,(H,20,21). The maximum absolute atomic E-state index is 13.0. The SMILES string of the molecule is O=c1c2[nH]cnc2n(-c2ccc(Cl)cc2)c(=O)n1Cc1ccccc1. The molecule has 2 heterocycles. The Bertz CT molecular complexity index is 1160. The lowest BCUT2D eigenvalue weighted by molar-refractivity contribution is 0.683. The van der Waals surface area contributed by atoms with Gasteiger partial charge in [-0.1, -0.05) is 41.9 Å².